The van der Waals surface area contributed by atoms with E-state index < -0.39 is 11.6 Å². The molecule has 0 spiro atoms. The van der Waals surface area contributed by atoms with Crippen molar-refractivity contribution in [2.75, 3.05) is 12.4 Å². The number of nitrogens with one attached hydrogen (secondary N) is 1. The van der Waals surface area contributed by atoms with Gasteiger partial charge in [-0.05, 0) is 24.6 Å². The zero-order chi connectivity index (χ0) is 14.0. The molecule has 2 rings (SSSR count). The summed E-state index contributed by atoms with van der Waals surface area (Å²) in [7, 11) is 1.50. The van der Waals surface area contributed by atoms with E-state index in [0.717, 1.165) is 16.1 Å². The van der Waals surface area contributed by atoms with Crippen molar-refractivity contribution in [1.82, 2.24) is 4.98 Å². The van der Waals surface area contributed by atoms with Gasteiger partial charge in [0.2, 0.25) is 0 Å². The van der Waals surface area contributed by atoms with E-state index in [0.29, 0.717) is 5.75 Å². The first-order valence-corrected chi connectivity index (χ1v) is 6.28. The van der Waals surface area contributed by atoms with Crippen LogP contribution in [0.3, 0.4) is 0 Å². The van der Waals surface area contributed by atoms with Crippen molar-refractivity contribution in [3.63, 3.8) is 0 Å². The molecule has 0 aliphatic rings. The van der Waals surface area contributed by atoms with Crippen molar-refractivity contribution >= 4 is 21.7 Å². The number of anilines is 1. The largest absolute Gasteiger partial charge is 0.436 e. The molecule has 1 heterocycles. The van der Waals surface area contributed by atoms with Gasteiger partial charge in [-0.15, -0.1) is 0 Å². The number of pyridine rings is 1. The Morgan fingerprint density at radius 2 is 1.95 bits per heavy atom. The lowest BCUT2D eigenvalue weighted by atomic mass is 10.2. The quantitative estimate of drug-likeness (QED) is 0.913. The van der Waals surface area contributed by atoms with Crippen LogP contribution in [0.1, 0.15) is 5.56 Å². The number of rotatable bonds is 3. The summed E-state index contributed by atoms with van der Waals surface area (Å²) in [5.74, 6) is -1.50. The summed E-state index contributed by atoms with van der Waals surface area (Å²) in [5.41, 5.74) is 0.819. The maximum absolute atomic E-state index is 13.6. The standard InChI is InChI=1S/C13H11BrF2N2O/c1-7-3-4-8(14)5-11(7)19-13-10(16)6-9(15)12(17-2)18-13/h3-6H,1-2H3,(H,17,18). The minimum Gasteiger partial charge on any atom is -0.436 e. The van der Waals surface area contributed by atoms with Gasteiger partial charge in [0.1, 0.15) is 5.75 Å². The summed E-state index contributed by atoms with van der Waals surface area (Å²) in [6.07, 6.45) is 0. The van der Waals surface area contributed by atoms with E-state index in [1.165, 1.54) is 7.05 Å². The number of hydrogen-bond donors (Lipinski definition) is 1. The Morgan fingerprint density at radius 3 is 2.63 bits per heavy atom. The van der Waals surface area contributed by atoms with Crippen LogP contribution in [0.5, 0.6) is 11.6 Å². The molecule has 0 saturated heterocycles. The number of aromatic nitrogens is 1. The molecule has 6 heteroatoms. The second-order valence-corrected chi connectivity index (χ2v) is 4.78. The third-order valence-corrected chi connectivity index (χ3v) is 2.98. The molecule has 0 amide bonds. The first-order chi connectivity index (χ1) is 9.01. The second-order valence-electron chi connectivity index (χ2n) is 3.87. The van der Waals surface area contributed by atoms with E-state index in [1.807, 2.05) is 19.1 Å². The van der Waals surface area contributed by atoms with Gasteiger partial charge in [0.05, 0.1) is 0 Å². The van der Waals surface area contributed by atoms with Gasteiger partial charge >= 0.3 is 0 Å². The Morgan fingerprint density at radius 1 is 1.21 bits per heavy atom. The highest BCUT2D eigenvalue weighted by Crippen LogP contribution is 2.30. The van der Waals surface area contributed by atoms with Crippen molar-refractivity contribution in [3.8, 4) is 11.6 Å². The maximum Gasteiger partial charge on any atom is 0.258 e. The lowest BCUT2D eigenvalue weighted by molar-refractivity contribution is 0.415. The predicted molar refractivity (Wildman–Crippen MR) is 72.7 cm³/mol. The van der Waals surface area contributed by atoms with Crippen molar-refractivity contribution in [1.29, 1.82) is 0 Å². The van der Waals surface area contributed by atoms with Crippen molar-refractivity contribution in [2.24, 2.45) is 0 Å². The summed E-state index contributed by atoms with van der Waals surface area (Å²) < 4.78 is 33.1. The molecule has 1 aromatic carbocycles. The van der Waals surface area contributed by atoms with E-state index in [4.69, 9.17) is 4.74 Å². The molecule has 0 aliphatic heterocycles. The normalized spacial score (nSPS) is 10.4. The Hall–Kier alpha value is -1.69. The number of nitrogens with zero attached hydrogens (tertiary/aromatic N) is 1. The average molecular weight is 329 g/mol. The van der Waals surface area contributed by atoms with Gasteiger partial charge in [0.25, 0.3) is 5.88 Å². The highest BCUT2D eigenvalue weighted by atomic mass is 79.9. The molecular weight excluding hydrogens is 318 g/mol. The summed E-state index contributed by atoms with van der Waals surface area (Å²) in [5, 5.41) is 2.53. The Labute approximate surface area is 117 Å². The monoisotopic (exact) mass is 328 g/mol. The third kappa shape index (κ3) is 3.01. The van der Waals surface area contributed by atoms with E-state index in [2.05, 4.69) is 26.2 Å². The lowest BCUT2D eigenvalue weighted by Crippen LogP contribution is -2.01. The van der Waals surface area contributed by atoms with Gasteiger partial charge in [0, 0.05) is 17.6 Å². The van der Waals surface area contributed by atoms with Crippen molar-refractivity contribution < 1.29 is 13.5 Å². The molecule has 0 unspecified atom stereocenters. The SMILES string of the molecule is CNc1nc(Oc2cc(Br)ccc2C)c(F)cc1F. The third-order valence-electron chi connectivity index (χ3n) is 2.49. The molecule has 1 aromatic heterocycles. The second kappa shape index (κ2) is 5.52. The molecule has 100 valence electrons. The van der Waals surface area contributed by atoms with Gasteiger partial charge in [-0.25, -0.2) is 8.78 Å². The molecule has 0 aliphatic carbocycles. The van der Waals surface area contributed by atoms with Gasteiger partial charge in [-0.2, -0.15) is 4.98 Å². The number of hydrogen-bond acceptors (Lipinski definition) is 3. The van der Waals surface area contributed by atoms with E-state index in [9.17, 15) is 8.78 Å². The number of aryl methyl sites for hydroxylation is 1. The number of ether oxygens (including phenoxy) is 1. The Kier molecular flexibility index (Phi) is 3.99. The zero-order valence-electron chi connectivity index (χ0n) is 10.3. The van der Waals surface area contributed by atoms with Crippen LogP contribution >= 0.6 is 15.9 Å². The summed E-state index contributed by atoms with van der Waals surface area (Å²) in [6.45, 7) is 1.82. The van der Waals surface area contributed by atoms with Gasteiger partial charge in [-0.3, -0.25) is 0 Å². The lowest BCUT2D eigenvalue weighted by Gasteiger charge is -2.10. The predicted octanol–water partition coefficient (Wildman–Crippen LogP) is 4.26. The van der Waals surface area contributed by atoms with Gasteiger partial charge in [-0.1, -0.05) is 22.0 Å². The number of benzene rings is 1. The minimum atomic E-state index is -0.851. The fourth-order valence-electron chi connectivity index (χ4n) is 1.48. The van der Waals surface area contributed by atoms with Crippen LogP contribution in [0.4, 0.5) is 14.6 Å². The zero-order valence-corrected chi connectivity index (χ0v) is 11.9. The van der Waals surface area contributed by atoms with Crippen molar-refractivity contribution in [2.45, 2.75) is 6.92 Å². The van der Waals surface area contributed by atoms with Crippen LogP contribution in [-0.4, -0.2) is 12.0 Å². The minimum absolute atomic E-state index is 0.0657. The highest BCUT2D eigenvalue weighted by molar-refractivity contribution is 9.10. The number of halogens is 3. The van der Waals surface area contributed by atoms with Crippen LogP contribution in [-0.2, 0) is 0 Å². The van der Waals surface area contributed by atoms with Crippen LogP contribution < -0.4 is 10.1 Å². The van der Waals surface area contributed by atoms with E-state index in [1.54, 1.807) is 6.07 Å². The van der Waals surface area contributed by atoms with Gasteiger partial charge in [0.15, 0.2) is 17.5 Å². The van der Waals surface area contributed by atoms with E-state index >= 15 is 0 Å². The summed E-state index contributed by atoms with van der Waals surface area (Å²) in [6, 6.07) is 6.09. The molecule has 1 N–H and O–H groups in total. The summed E-state index contributed by atoms with van der Waals surface area (Å²) >= 11 is 3.30. The fraction of sp³-hybridized carbons (Fsp3) is 0.154. The molecule has 0 atom stereocenters. The first kappa shape index (κ1) is 13.7. The average Bonchev–Trinajstić information content (AvgIpc) is 2.37. The topological polar surface area (TPSA) is 34.2 Å². The maximum atomic E-state index is 13.6. The molecule has 0 radical (unpaired) electrons. The molecular formula is C13H11BrF2N2O. The molecule has 3 nitrogen and oxygen atoms in total. The first-order valence-electron chi connectivity index (χ1n) is 5.49. The van der Waals surface area contributed by atoms with Crippen LogP contribution in [0.25, 0.3) is 0 Å². The Bertz CT molecular complexity index is 620. The molecule has 0 fully saturated rings. The van der Waals surface area contributed by atoms with E-state index in [-0.39, 0.29) is 11.7 Å². The molecule has 0 bridgehead atoms. The molecule has 19 heavy (non-hydrogen) atoms. The highest BCUT2D eigenvalue weighted by Gasteiger charge is 2.14. The fourth-order valence-corrected chi connectivity index (χ4v) is 1.82. The summed E-state index contributed by atoms with van der Waals surface area (Å²) in [4.78, 5) is 3.76. The van der Waals surface area contributed by atoms with Crippen molar-refractivity contribution in [3.05, 3.63) is 45.9 Å². The molecule has 2 aromatic rings. The van der Waals surface area contributed by atoms with Crippen LogP contribution in [0.2, 0.25) is 0 Å². The Balaban J connectivity index is 2.40. The molecule has 0 saturated carbocycles. The smallest absolute Gasteiger partial charge is 0.258 e. The van der Waals surface area contributed by atoms with Crippen LogP contribution in [0.15, 0.2) is 28.7 Å². The van der Waals surface area contributed by atoms with Gasteiger partial charge < -0.3 is 10.1 Å². The van der Waals surface area contributed by atoms with Crippen LogP contribution in [0, 0.1) is 18.6 Å².